The highest BCUT2D eigenvalue weighted by atomic mass is 35.5. The van der Waals surface area contributed by atoms with E-state index < -0.39 is 0 Å². The Bertz CT molecular complexity index is 546. The molecule has 2 rings (SSSR count). The third-order valence-corrected chi connectivity index (χ3v) is 2.71. The van der Waals surface area contributed by atoms with Crippen LogP contribution in [0.2, 0.25) is 5.02 Å². The van der Waals surface area contributed by atoms with Crippen LogP contribution in [0, 0.1) is 0 Å². The maximum atomic E-state index is 9.24. The number of ether oxygens (including phenoxy) is 1. The van der Waals surface area contributed by atoms with Crippen molar-refractivity contribution in [2.75, 3.05) is 12.4 Å². The molecule has 0 amide bonds. The molecule has 0 atom stereocenters. The molecule has 0 unspecified atom stereocenters. The molecular formula is C13H13ClN2O2. The Morgan fingerprint density at radius 2 is 2.22 bits per heavy atom. The molecule has 4 nitrogen and oxygen atoms in total. The first kappa shape index (κ1) is 12.7. The summed E-state index contributed by atoms with van der Waals surface area (Å²) in [5, 5.41) is 12.9. The van der Waals surface area contributed by atoms with E-state index in [-0.39, 0.29) is 6.61 Å². The monoisotopic (exact) mass is 264 g/mol. The number of aliphatic hydroxyl groups excluding tert-OH is 1. The largest absolute Gasteiger partial charge is 0.495 e. The van der Waals surface area contributed by atoms with Crippen molar-refractivity contribution in [2.45, 2.75) is 6.61 Å². The lowest BCUT2D eigenvalue weighted by Gasteiger charge is -2.12. The molecule has 0 bridgehead atoms. The highest BCUT2D eigenvalue weighted by molar-refractivity contribution is 6.31. The third kappa shape index (κ3) is 2.72. The molecular weight excluding hydrogens is 252 g/mol. The van der Waals surface area contributed by atoms with Gasteiger partial charge in [-0.3, -0.25) is 0 Å². The van der Waals surface area contributed by atoms with Gasteiger partial charge < -0.3 is 15.2 Å². The van der Waals surface area contributed by atoms with Crippen LogP contribution in [0.1, 0.15) is 5.56 Å². The van der Waals surface area contributed by atoms with Gasteiger partial charge in [0.2, 0.25) is 0 Å². The molecule has 0 fully saturated rings. The number of aliphatic hydroxyl groups is 1. The molecule has 2 N–H and O–H groups in total. The summed E-state index contributed by atoms with van der Waals surface area (Å²) in [5.41, 5.74) is 1.41. The van der Waals surface area contributed by atoms with E-state index in [9.17, 15) is 5.11 Å². The van der Waals surface area contributed by atoms with Gasteiger partial charge in [-0.2, -0.15) is 0 Å². The highest BCUT2D eigenvalue weighted by Gasteiger charge is 2.07. The van der Waals surface area contributed by atoms with Crippen LogP contribution in [0.15, 0.2) is 36.5 Å². The first-order chi connectivity index (χ1) is 8.74. The zero-order chi connectivity index (χ0) is 13.0. The number of hydrogen-bond donors (Lipinski definition) is 2. The van der Waals surface area contributed by atoms with Crippen LogP contribution >= 0.6 is 11.6 Å². The minimum Gasteiger partial charge on any atom is -0.495 e. The fourth-order valence-corrected chi connectivity index (χ4v) is 1.76. The second-order valence-electron chi connectivity index (χ2n) is 3.64. The molecule has 1 heterocycles. The Hall–Kier alpha value is -1.78. The summed E-state index contributed by atoms with van der Waals surface area (Å²) in [6.07, 6.45) is 1.65. The standard InChI is InChI=1S/C13H13ClN2O2/c1-18-12-5-4-10(14)7-11(12)16-13-9(8-17)3-2-6-15-13/h2-7,17H,8H2,1H3,(H,15,16). The van der Waals surface area contributed by atoms with Gasteiger partial charge >= 0.3 is 0 Å². The molecule has 18 heavy (non-hydrogen) atoms. The number of halogens is 1. The summed E-state index contributed by atoms with van der Waals surface area (Å²) in [4.78, 5) is 4.18. The lowest BCUT2D eigenvalue weighted by Crippen LogP contribution is -2.00. The Labute approximate surface area is 110 Å². The summed E-state index contributed by atoms with van der Waals surface area (Å²) in [5.74, 6) is 1.24. The summed E-state index contributed by atoms with van der Waals surface area (Å²) in [6.45, 7) is -0.0843. The highest BCUT2D eigenvalue weighted by Crippen LogP contribution is 2.30. The van der Waals surface area contributed by atoms with Gasteiger partial charge in [0.25, 0.3) is 0 Å². The number of pyridine rings is 1. The summed E-state index contributed by atoms with van der Waals surface area (Å²) >= 11 is 5.95. The van der Waals surface area contributed by atoms with Gasteiger partial charge in [-0.25, -0.2) is 4.98 Å². The zero-order valence-electron chi connectivity index (χ0n) is 9.85. The quantitative estimate of drug-likeness (QED) is 0.891. The van der Waals surface area contributed by atoms with Gasteiger partial charge in [-0.1, -0.05) is 17.7 Å². The number of benzene rings is 1. The molecule has 0 aliphatic heterocycles. The molecule has 0 aliphatic rings. The van der Waals surface area contributed by atoms with Crippen LogP contribution < -0.4 is 10.1 Å². The summed E-state index contributed by atoms with van der Waals surface area (Å²) < 4.78 is 5.23. The Balaban J connectivity index is 2.36. The molecule has 1 aromatic carbocycles. The van der Waals surface area contributed by atoms with Crippen molar-refractivity contribution < 1.29 is 9.84 Å². The predicted octanol–water partition coefficient (Wildman–Crippen LogP) is 2.98. The molecule has 2 aromatic rings. The van der Waals surface area contributed by atoms with Crippen LogP contribution in [0.3, 0.4) is 0 Å². The molecule has 94 valence electrons. The van der Waals surface area contributed by atoms with Crippen molar-refractivity contribution in [1.82, 2.24) is 4.98 Å². The molecule has 1 aromatic heterocycles. The number of hydrogen-bond acceptors (Lipinski definition) is 4. The van der Waals surface area contributed by atoms with Crippen LogP contribution in [0.4, 0.5) is 11.5 Å². The topological polar surface area (TPSA) is 54.4 Å². The maximum absolute atomic E-state index is 9.24. The Morgan fingerprint density at radius 1 is 1.39 bits per heavy atom. The van der Waals surface area contributed by atoms with Crippen LogP contribution in [0.25, 0.3) is 0 Å². The van der Waals surface area contributed by atoms with Crippen molar-refractivity contribution >= 4 is 23.1 Å². The van der Waals surface area contributed by atoms with E-state index in [1.54, 1.807) is 43.6 Å². The molecule has 0 radical (unpaired) electrons. The molecule has 0 aliphatic carbocycles. The van der Waals surface area contributed by atoms with Gasteiger partial charge in [0, 0.05) is 16.8 Å². The van der Waals surface area contributed by atoms with Gasteiger partial charge in [-0.15, -0.1) is 0 Å². The molecule has 0 saturated carbocycles. The van der Waals surface area contributed by atoms with Crippen molar-refractivity contribution in [3.05, 3.63) is 47.1 Å². The number of nitrogens with zero attached hydrogens (tertiary/aromatic N) is 1. The van der Waals surface area contributed by atoms with Gasteiger partial charge in [0.05, 0.1) is 19.4 Å². The SMILES string of the molecule is COc1ccc(Cl)cc1Nc1ncccc1CO. The lowest BCUT2D eigenvalue weighted by molar-refractivity contribution is 0.282. The van der Waals surface area contributed by atoms with Crippen LogP contribution in [0.5, 0.6) is 5.75 Å². The second kappa shape index (κ2) is 5.71. The predicted molar refractivity (Wildman–Crippen MR) is 71.4 cm³/mol. The zero-order valence-corrected chi connectivity index (χ0v) is 10.6. The van der Waals surface area contributed by atoms with E-state index in [4.69, 9.17) is 16.3 Å². The average Bonchev–Trinajstić information content (AvgIpc) is 2.40. The van der Waals surface area contributed by atoms with Crippen molar-refractivity contribution in [1.29, 1.82) is 0 Å². The fraction of sp³-hybridized carbons (Fsp3) is 0.154. The first-order valence-electron chi connectivity index (χ1n) is 5.40. The van der Waals surface area contributed by atoms with Crippen molar-refractivity contribution in [3.8, 4) is 5.75 Å². The minimum atomic E-state index is -0.0843. The number of aromatic nitrogens is 1. The summed E-state index contributed by atoms with van der Waals surface area (Å²) in [6, 6.07) is 8.83. The van der Waals surface area contributed by atoms with E-state index in [0.29, 0.717) is 27.8 Å². The van der Waals surface area contributed by atoms with Crippen LogP contribution in [-0.2, 0) is 6.61 Å². The van der Waals surface area contributed by atoms with Crippen LogP contribution in [-0.4, -0.2) is 17.2 Å². The maximum Gasteiger partial charge on any atom is 0.142 e. The molecule has 0 saturated heterocycles. The van der Waals surface area contributed by atoms with Crippen molar-refractivity contribution in [2.24, 2.45) is 0 Å². The van der Waals surface area contributed by atoms with Gasteiger partial charge in [-0.05, 0) is 24.3 Å². The Morgan fingerprint density at radius 3 is 2.94 bits per heavy atom. The molecule has 5 heteroatoms. The summed E-state index contributed by atoms with van der Waals surface area (Å²) in [7, 11) is 1.58. The smallest absolute Gasteiger partial charge is 0.142 e. The minimum absolute atomic E-state index is 0.0843. The molecule has 0 spiro atoms. The van der Waals surface area contributed by atoms with E-state index in [2.05, 4.69) is 10.3 Å². The average molecular weight is 265 g/mol. The number of methoxy groups -OCH3 is 1. The number of anilines is 2. The number of rotatable bonds is 4. The van der Waals surface area contributed by atoms with Gasteiger partial charge in [0.15, 0.2) is 0 Å². The van der Waals surface area contributed by atoms with Crippen molar-refractivity contribution in [3.63, 3.8) is 0 Å². The van der Waals surface area contributed by atoms with E-state index in [1.807, 2.05) is 0 Å². The van der Waals surface area contributed by atoms with E-state index in [1.165, 1.54) is 0 Å². The van der Waals surface area contributed by atoms with E-state index >= 15 is 0 Å². The second-order valence-corrected chi connectivity index (χ2v) is 4.08. The fourth-order valence-electron chi connectivity index (χ4n) is 1.58. The number of nitrogens with one attached hydrogen (secondary N) is 1. The Kier molecular flexibility index (Phi) is 4.02. The first-order valence-corrected chi connectivity index (χ1v) is 5.77. The third-order valence-electron chi connectivity index (χ3n) is 2.48. The normalized spacial score (nSPS) is 10.2. The van der Waals surface area contributed by atoms with Gasteiger partial charge in [0.1, 0.15) is 11.6 Å². The lowest BCUT2D eigenvalue weighted by atomic mass is 10.2. The van der Waals surface area contributed by atoms with E-state index in [0.717, 1.165) is 0 Å².